The van der Waals surface area contributed by atoms with Gasteiger partial charge in [0, 0.05) is 40.3 Å². The molecule has 1 aromatic carbocycles. The average molecular weight is 452 g/mol. The van der Waals surface area contributed by atoms with E-state index in [1.807, 2.05) is 13.8 Å². The Bertz CT molecular complexity index is 956. The molecular weight excluding hydrogens is 425 g/mol. The van der Waals surface area contributed by atoms with Crippen LogP contribution in [-0.4, -0.2) is 71.6 Å². The van der Waals surface area contributed by atoms with Gasteiger partial charge < -0.3 is 19.8 Å². The van der Waals surface area contributed by atoms with Crippen molar-refractivity contribution in [3.63, 3.8) is 0 Å². The van der Waals surface area contributed by atoms with Gasteiger partial charge in [-0.25, -0.2) is 4.39 Å². The van der Waals surface area contributed by atoms with Crippen LogP contribution in [0.5, 0.6) is 0 Å². The Balaban J connectivity index is 2.56. The third-order valence-corrected chi connectivity index (χ3v) is 5.47. The molecule has 0 atom stereocenters. The van der Waals surface area contributed by atoms with Crippen LogP contribution >= 0.6 is 11.6 Å². The van der Waals surface area contributed by atoms with Gasteiger partial charge in [0.15, 0.2) is 12.0 Å². The molecule has 1 aromatic rings. The van der Waals surface area contributed by atoms with Crippen LogP contribution < -0.4 is 0 Å². The van der Waals surface area contributed by atoms with Crippen LogP contribution in [0.4, 0.5) is 4.39 Å². The molecule has 1 saturated heterocycles. The van der Waals surface area contributed by atoms with Crippen LogP contribution in [0.25, 0.3) is 0 Å². The molecule has 0 saturated carbocycles. The van der Waals surface area contributed by atoms with Gasteiger partial charge >= 0.3 is 0 Å². The van der Waals surface area contributed by atoms with Gasteiger partial charge in [0.1, 0.15) is 11.5 Å². The molecule has 0 aromatic heterocycles. The Morgan fingerprint density at radius 2 is 1.97 bits per heavy atom. The van der Waals surface area contributed by atoms with Crippen molar-refractivity contribution in [2.75, 3.05) is 27.7 Å². The monoisotopic (exact) mass is 451 g/mol. The molecule has 0 bridgehead atoms. The number of rotatable bonds is 6. The Labute approximate surface area is 186 Å². The van der Waals surface area contributed by atoms with E-state index in [9.17, 15) is 23.9 Å². The molecule has 168 valence electrons. The topological polar surface area (TPSA) is 81.2 Å². The maximum absolute atomic E-state index is 13.5. The predicted molar refractivity (Wildman–Crippen MR) is 116 cm³/mol. The molecule has 1 aliphatic heterocycles. The van der Waals surface area contributed by atoms with Gasteiger partial charge in [-0.05, 0) is 43.5 Å². The van der Waals surface area contributed by atoms with E-state index in [1.165, 1.54) is 28.0 Å². The maximum Gasteiger partial charge on any atom is 0.269 e. The number of amides is 2. The maximum atomic E-state index is 13.5. The number of hydrogen-bond acceptors (Lipinski definition) is 5. The number of carbonyl (C=O) groups is 3. The predicted octanol–water partition coefficient (Wildman–Crippen LogP) is 2.90. The first kappa shape index (κ1) is 24.4. The molecule has 7 nitrogen and oxygen atoms in total. The van der Waals surface area contributed by atoms with Crippen LogP contribution in [-0.2, 0) is 20.9 Å². The van der Waals surface area contributed by atoms with Crippen molar-refractivity contribution >= 4 is 29.7 Å². The van der Waals surface area contributed by atoms with Crippen molar-refractivity contribution in [3.05, 3.63) is 57.2 Å². The van der Waals surface area contributed by atoms with Crippen LogP contribution in [0, 0.1) is 5.82 Å². The molecule has 2 rings (SSSR count). The third kappa shape index (κ3) is 5.25. The number of aliphatic hydroxyl groups is 1. The number of halogens is 2. The highest BCUT2D eigenvalue weighted by Gasteiger charge is 2.35. The summed E-state index contributed by atoms with van der Waals surface area (Å²) < 4.78 is 13.5. The molecule has 0 unspecified atom stereocenters. The fourth-order valence-corrected chi connectivity index (χ4v) is 3.50. The van der Waals surface area contributed by atoms with E-state index < -0.39 is 17.5 Å². The van der Waals surface area contributed by atoms with Crippen molar-refractivity contribution in [2.24, 2.45) is 0 Å². The van der Waals surface area contributed by atoms with Crippen molar-refractivity contribution < 1.29 is 23.9 Å². The molecule has 2 amide bonds. The molecular formula is C22H27ClFN3O4. The summed E-state index contributed by atoms with van der Waals surface area (Å²) in [4.78, 5) is 42.1. The highest BCUT2D eigenvalue weighted by molar-refractivity contribution is 6.30. The number of benzene rings is 1. The molecule has 31 heavy (non-hydrogen) atoms. The first-order valence-electron chi connectivity index (χ1n) is 9.79. The Kier molecular flexibility index (Phi) is 7.84. The lowest BCUT2D eigenvalue weighted by Gasteiger charge is -2.35. The van der Waals surface area contributed by atoms with E-state index in [0.29, 0.717) is 11.1 Å². The molecule has 1 heterocycles. The van der Waals surface area contributed by atoms with Gasteiger partial charge in [0.2, 0.25) is 0 Å². The Hall–Kier alpha value is -2.87. The lowest BCUT2D eigenvalue weighted by atomic mass is 9.92. The first-order chi connectivity index (χ1) is 14.5. The summed E-state index contributed by atoms with van der Waals surface area (Å²) in [7, 11) is 4.91. The van der Waals surface area contributed by atoms with E-state index in [1.54, 1.807) is 26.0 Å². The number of nitrogens with zero attached hydrogens (tertiary/aromatic N) is 3. The quantitative estimate of drug-likeness (QED) is 0.408. The molecule has 0 spiro atoms. The fourth-order valence-electron chi connectivity index (χ4n) is 3.29. The molecule has 1 aliphatic rings. The van der Waals surface area contributed by atoms with E-state index in [0.717, 1.165) is 0 Å². The van der Waals surface area contributed by atoms with Gasteiger partial charge in [-0.3, -0.25) is 14.4 Å². The number of piperidine rings is 1. The minimum Gasteiger partial charge on any atom is -0.504 e. The van der Waals surface area contributed by atoms with Gasteiger partial charge in [-0.15, -0.1) is 0 Å². The zero-order valence-corrected chi connectivity index (χ0v) is 19.0. The zero-order valence-electron chi connectivity index (χ0n) is 18.3. The van der Waals surface area contributed by atoms with Gasteiger partial charge in [-0.2, -0.15) is 0 Å². The lowest BCUT2D eigenvalue weighted by Crippen LogP contribution is -2.42. The van der Waals surface area contributed by atoms with Crippen molar-refractivity contribution in [2.45, 2.75) is 32.9 Å². The number of likely N-dealkylation sites (N-methyl/N-ethyl adjacent to an activating group) is 2. The van der Waals surface area contributed by atoms with Crippen LogP contribution in [0.15, 0.2) is 40.8 Å². The number of allylic oxidation sites excluding steroid dienone is 1. The second-order valence-corrected chi connectivity index (χ2v) is 8.24. The van der Waals surface area contributed by atoms with E-state index in [-0.39, 0.29) is 54.0 Å². The number of aldehydes is 1. The fraction of sp³-hybridized carbons (Fsp3) is 0.409. The van der Waals surface area contributed by atoms with Crippen LogP contribution in [0.2, 0.25) is 5.02 Å². The second-order valence-electron chi connectivity index (χ2n) is 7.83. The van der Waals surface area contributed by atoms with Crippen molar-refractivity contribution in [1.29, 1.82) is 0 Å². The molecule has 9 heteroatoms. The third-order valence-electron chi connectivity index (χ3n) is 5.18. The lowest BCUT2D eigenvalue weighted by molar-refractivity contribution is -0.129. The Morgan fingerprint density at radius 3 is 2.48 bits per heavy atom. The summed E-state index contributed by atoms with van der Waals surface area (Å²) in [6.45, 7) is 4.14. The number of likely N-dealkylation sites (tertiary alicyclic amines) is 1. The summed E-state index contributed by atoms with van der Waals surface area (Å²) in [5, 5.41) is 10.2. The SMILES string of the molecule is CC(C)N(C)/C(C(=O)N(C)C)=C1/CCN(Cc2ccc(F)c(Cl)c2)C(=O)/C1=C(\O)C=O. The van der Waals surface area contributed by atoms with Crippen LogP contribution in [0.3, 0.4) is 0 Å². The largest absolute Gasteiger partial charge is 0.504 e. The van der Waals surface area contributed by atoms with Crippen molar-refractivity contribution in [3.8, 4) is 0 Å². The summed E-state index contributed by atoms with van der Waals surface area (Å²) in [5.74, 6) is -2.23. The highest BCUT2D eigenvalue weighted by Crippen LogP contribution is 2.32. The van der Waals surface area contributed by atoms with E-state index in [2.05, 4.69) is 0 Å². The minimum absolute atomic E-state index is 0.0635. The number of aliphatic hydroxyl groups excluding tert-OH is 1. The molecule has 0 radical (unpaired) electrons. The minimum atomic E-state index is -0.733. The second kappa shape index (κ2) is 9.96. The summed E-state index contributed by atoms with van der Waals surface area (Å²) in [5.41, 5.74) is 0.965. The van der Waals surface area contributed by atoms with E-state index in [4.69, 9.17) is 11.6 Å². The van der Waals surface area contributed by atoms with Crippen molar-refractivity contribution in [1.82, 2.24) is 14.7 Å². The van der Waals surface area contributed by atoms with Gasteiger partial charge in [-0.1, -0.05) is 17.7 Å². The smallest absolute Gasteiger partial charge is 0.269 e. The van der Waals surface area contributed by atoms with Gasteiger partial charge in [0.05, 0.1) is 10.6 Å². The highest BCUT2D eigenvalue weighted by atomic mass is 35.5. The van der Waals surface area contributed by atoms with Crippen LogP contribution in [0.1, 0.15) is 25.8 Å². The molecule has 0 aliphatic carbocycles. The van der Waals surface area contributed by atoms with Gasteiger partial charge in [0.25, 0.3) is 11.8 Å². The number of hydrogen-bond donors (Lipinski definition) is 1. The summed E-state index contributed by atoms with van der Waals surface area (Å²) in [6, 6.07) is 4.07. The standard InChI is InChI=1S/C22H27ClFN3O4/c1-13(2)26(5)20(22(31)25(3)4)15-8-9-27(21(30)19(15)18(29)12-28)11-14-6-7-17(24)16(23)10-14/h6-7,10,12-13,29H,8-9,11H2,1-5H3/b19-18-,20-15-. The normalized spacial score (nSPS) is 17.5. The average Bonchev–Trinajstić information content (AvgIpc) is 2.71. The Morgan fingerprint density at radius 1 is 1.32 bits per heavy atom. The summed E-state index contributed by atoms with van der Waals surface area (Å²) >= 11 is 5.83. The van der Waals surface area contributed by atoms with E-state index >= 15 is 0 Å². The first-order valence-corrected chi connectivity index (χ1v) is 10.2. The zero-order chi connectivity index (χ0) is 23.5. The number of carbonyl (C=O) groups excluding carboxylic acids is 3. The molecule has 1 N–H and O–H groups in total. The summed E-state index contributed by atoms with van der Waals surface area (Å²) in [6.07, 6.45) is 0.443. The molecule has 1 fully saturated rings.